The normalized spacial score (nSPS) is 36.2. The summed E-state index contributed by atoms with van der Waals surface area (Å²) >= 11 is 0. The van der Waals surface area contributed by atoms with Crippen LogP contribution >= 0.6 is 0 Å². The quantitative estimate of drug-likeness (QED) is 0.481. The standard InChI is InChI=1S/C7H10N/c1-2-6(1)7-3-4-8-5-7/h6-7H,1-3,5H2. The van der Waals surface area contributed by atoms with Gasteiger partial charge in [-0.3, -0.25) is 4.99 Å². The predicted molar refractivity (Wildman–Crippen MR) is 33.1 cm³/mol. The van der Waals surface area contributed by atoms with Crippen LogP contribution in [0.2, 0.25) is 0 Å². The predicted octanol–water partition coefficient (Wildman–Crippen LogP) is 1.36. The van der Waals surface area contributed by atoms with Crippen LogP contribution in [0.5, 0.6) is 0 Å². The van der Waals surface area contributed by atoms with E-state index in [1.165, 1.54) is 12.8 Å². The smallest absolute Gasteiger partial charge is 0.0562 e. The summed E-state index contributed by atoms with van der Waals surface area (Å²) in [5, 5.41) is 0. The van der Waals surface area contributed by atoms with Gasteiger partial charge in [-0.25, -0.2) is 0 Å². The number of rotatable bonds is 1. The zero-order chi connectivity index (χ0) is 5.40. The van der Waals surface area contributed by atoms with Gasteiger partial charge in [0.2, 0.25) is 0 Å². The number of nitrogens with zero attached hydrogens (tertiary/aromatic N) is 1. The van der Waals surface area contributed by atoms with E-state index in [0.717, 1.165) is 24.8 Å². The van der Waals surface area contributed by atoms with Crippen LogP contribution in [0.1, 0.15) is 19.3 Å². The van der Waals surface area contributed by atoms with Crippen LogP contribution in [0.4, 0.5) is 0 Å². The van der Waals surface area contributed by atoms with E-state index in [1.54, 1.807) is 0 Å². The van der Waals surface area contributed by atoms with E-state index in [4.69, 9.17) is 0 Å². The van der Waals surface area contributed by atoms with Gasteiger partial charge in [-0.05, 0) is 31.1 Å². The van der Waals surface area contributed by atoms with E-state index < -0.39 is 0 Å². The first kappa shape index (κ1) is 4.54. The van der Waals surface area contributed by atoms with Crippen molar-refractivity contribution in [2.24, 2.45) is 16.8 Å². The summed E-state index contributed by atoms with van der Waals surface area (Å²) in [5.74, 6) is 1.93. The Labute approximate surface area is 49.8 Å². The molecule has 1 fully saturated rings. The van der Waals surface area contributed by atoms with Gasteiger partial charge in [0.1, 0.15) is 0 Å². The number of aliphatic imine (C=N–C) groups is 1. The minimum Gasteiger partial charge on any atom is -0.288 e. The molecule has 0 aromatic heterocycles. The summed E-state index contributed by atoms with van der Waals surface area (Å²) in [6, 6.07) is 0. The molecule has 1 saturated carbocycles. The highest BCUT2D eigenvalue weighted by atomic mass is 14.8. The Kier molecular flexibility index (Phi) is 0.893. The van der Waals surface area contributed by atoms with Crippen molar-refractivity contribution in [3.05, 3.63) is 0 Å². The molecule has 0 aromatic rings. The highest BCUT2D eigenvalue weighted by molar-refractivity contribution is 5.60. The zero-order valence-corrected chi connectivity index (χ0v) is 4.93. The molecule has 2 rings (SSSR count). The molecule has 0 amide bonds. The Morgan fingerprint density at radius 3 is 2.62 bits per heavy atom. The third-order valence-electron chi connectivity index (χ3n) is 2.08. The Balaban J connectivity index is 1.90. The fourth-order valence-electron chi connectivity index (χ4n) is 1.31. The van der Waals surface area contributed by atoms with Crippen molar-refractivity contribution in [2.75, 3.05) is 6.54 Å². The average Bonchev–Trinajstić information content (AvgIpc) is 2.49. The van der Waals surface area contributed by atoms with Gasteiger partial charge in [-0.1, -0.05) is 0 Å². The van der Waals surface area contributed by atoms with E-state index in [2.05, 4.69) is 11.2 Å². The second-order valence-corrected chi connectivity index (χ2v) is 2.80. The molecule has 1 atom stereocenters. The molecule has 1 unspecified atom stereocenters. The van der Waals surface area contributed by atoms with Crippen LogP contribution in [0, 0.1) is 11.8 Å². The summed E-state index contributed by atoms with van der Waals surface area (Å²) in [5.41, 5.74) is 0. The number of hydrogen-bond acceptors (Lipinski definition) is 1. The van der Waals surface area contributed by atoms with Gasteiger partial charge < -0.3 is 0 Å². The maximum atomic E-state index is 4.08. The first-order valence-electron chi connectivity index (χ1n) is 3.36. The molecular formula is C7H10N. The van der Waals surface area contributed by atoms with Crippen molar-refractivity contribution >= 4 is 6.21 Å². The summed E-state index contributed by atoms with van der Waals surface area (Å²) in [6.45, 7) is 1.07. The molecule has 8 heavy (non-hydrogen) atoms. The Morgan fingerprint density at radius 2 is 2.12 bits per heavy atom. The van der Waals surface area contributed by atoms with Gasteiger partial charge in [0.05, 0.1) is 6.21 Å². The fraction of sp³-hybridized carbons (Fsp3) is 0.857. The highest BCUT2D eigenvalue weighted by Gasteiger charge is 2.31. The van der Waals surface area contributed by atoms with Gasteiger partial charge in [0.25, 0.3) is 0 Å². The topological polar surface area (TPSA) is 12.4 Å². The average molecular weight is 108 g/mol. The summed E-state index contributed by atoms with van der Waals surface area (Å²) in [4.78, 5) is 4.08. The lowest BCUT2D eigenvalue weighted by molar-refractivity contribution is 0.519. The van der Waals surface area contributed by atoms with E-state index in [0.29, 0.717) is 0 Å². The summed E-state index contributed by atoms with van der Waals surface area (Å²) in [7, 11) is 0. The Hall–Kier alpha value is -0.330. The van der Waals surface area contributed by atoms with E-state index >= 15 is 0 Å². The van der Waals surface area contributed by atoms with E-state index in [-0.39, 0.29) is 0 Å². The van der Waals surface area contributed by atoms with Crippen LogP contribution in [0.15, 0.2) is 4.99 Å². The summed E-state index contributed by atoms with van der Waals surface area (Å²) in [6.07, 6.45) is 7.08. The maximum absolute atomic E-state index is 4.08. The molecule has 43 valence electrons. The fourth-order valence-corrected chi connectivity index (χ4v) is 1.31. The van der Waals surface area contributed by atoms with Crippen LogP contribution < -0.4 is 0 Å². The van der Waals surface area contributed by atoms with Gasteiger partial charge >= 0.3 is 0 Å². The van der Waals surface area contributed by atoms with Crippen molar-refractivity contribution in [3.8, 4) is 0 Å². The van der Waals surface area contributed by atoms with Gasteiger partial charge in [-0.2, -0.15) is 0 Å². The number of hydrogen-bond donors (Lipinski definition) is 0. The molecular weight excluding hydrogens is 98.1 g/mol. The SMILES string of the molecule is [C]1=NCC(C2CC2)C1. The van der Waals surface area contributed by atoms with Crippen LogP contribution in [-0.4, -0.2) is 12.8 Å². The van der Waals surface area contributed by atoms with Gasteiger partial charge in [0, 0.05) is 6.54 Å². The third kappa shape index (κ3) is 0.662. The molecule has 0 N–H and O–H groups in total. The van der Waals surface area contributed by atoms with Crippen LogP contribution in [0.3, 0.4) is 0 Å². The molecule has 1 nitrogen and oxygen atoms in total. The molecule has 1 heterocycles. The highest BCUT2D eigenvalue weighted by Crippen LogP contribution is 2.39. The largest absolute Gasteiger partial charge is 0.288 e. The van der Waals surface area contributed by atoms with Crippen molar-refractivity contribution in [1.29, 1.82) is 0 Å². The van der Waals surface area contributed by atoms with Gasteiger partial charge in [-0.15, -0.1) is 0 Å². The Morgan fingerprint density at radius 1 is 1.25 bits per heavy atom. The first-order valence-corrected chi connectivity index (χ1v) is 3.36. The Bertz CT molecular complexity index is 106. The van der Waals surface area contributed by atoms with Crippen molar-refractivity contribution in [3.63, 3.8) is 0 Å². The monoisotopic (exact) mass is 108 g/mol. The van der Waals surface area contributed by atoms with Crippen LogP contribution in [0.25, 0.3) is 0 Å². The minimum absolute atomic E-state index is 0.898. The lowest BCUT2D eigenvalue weighted by atomic mass is 10.0. The van der Waals surface area contributed by atoms with Crippen molar-refractivity contribution in [2.45, 2.75) is 19.3 Å². The molecule has 0 aromatic carbocycles. The molecule has 0 bridgehead atoms. The van der Waals surface area contributed by atoms with Crippen molar-refractivity contribution < 1.29 is 0 Å². The lowest BCUT2D eigenvalue weighted by Gasteiger charge is -2.01. The molecule has 1 aliphatic heterocycles. The third-order valence-corrected chi connectivity index (χ3v) is 2.08. The van der Waals surface area contributed by atoms with Gasteiger partial charge in [0.15, 0.2) is 0 Å². The van der Waals surface area contributed by atoms with E-state index in [1.807, 2.05) is 0 Å². The molecule has 1 radical (unpaired) electrons. The molecule has 1 heteroatoms. The molecule has 1 aliphatic carbocycles. The molecule has 0 spiro atoms. The second kappa shape index (κ2) is 1.57. The lowest BCUT2D eigenvalue weighted by Crippen LogP contribution is -2.00. The minimum atomic E-state index is 0.898. The maximum Gasteiger partial charge on any atom is 0.0562 e. The summed E-state index contributed by atoms with van der Waals surface area (Å²) < 4.78 is 0. The second-order valence-electron chi connectivity index (χ2n) is 2.80. The first-order chi connectivity index (χ1) is 3.97. The molecule has 2 aliphatic rings. The molecule has 0 saturated heterocycles. The van der Waals surface area contributed by atoms with Crippen LogP contribution in [-0.2, 0) is 0 Å². The van der Waals surface area contributed by atoms with Crippen molar-refractivity contribution in [1.82, 2.24) is 0 Å². The zero-order valence-electron chi connectivity index (χ0n) is 4.93. The van der Waals surface area contributed by atoms with E-state index in [9.17, 15) is 0 Å².